The first-order valence-electron chi connectivity index (χ1n) is 6.45. The summed E-state index contributed by atoms with van der Waals surface area (Å²) < 4.78 is 4.91. The van der Waals surface area contributed by atoms with E-state index >= 15 is 0 Å². The van der Waals surface area contributed by atoms with Crippen molar-refractivity contribution in [3.63, 3.8) is 0 Å². The zero-order chi connectivity index (χ0) is 15.1. The second kappa shape index (κ2) is 8.26. The van der Waals surface area contributed by atoms with E-state index in [1.165, 1.54) is 18.3 Å². The Labute approximate surface area is 127 Å². The van der Waals surface area contributed by atoms with Crippen molar-refractivity contribution in [3.8, 4) is 0 Å². The van der Waals surface area contributed by atoms with Crippen molar-refractivity contribution in [1.29, 1.82) is 0 Å². The maximum absolute atomic E-state index is 11.8. The predicted molar refractivity (Wildman–Crippen MR) is 84.2 cm³/mol. The van der Waals surface area contributed by atoms with Gasteiger partial charge in [-0.25, -0.2) is 9.78 Å². The number of rotatable bonds is 8. The van der Waals surface area contributed by atoms with E-state index in [-0.39, 0.29) is 18.1 Å². The van der Waals surface area contributed by atoms with E-state index < -0.39 is 5.97 Å². The Balaban J connectivity index is 2.76. The molecule has 1 N–H and O–H groups in total. The van der Waals surface area contributed by atoms with Gasteiger partial charge in [-0.15, -0.1) is 0 Å². The SMILES string of the molecule is CCOC(=O)c1nc(NCCC(C)SC)sc1C(C)=O. The minimum Gasteiger partial charge on any atom is -0.461 e. The van der Waals surface area contributed by atoms with Gasteiger partial charge in [0.25, 0.3) is 0 Å². The number of ketones is 1. The average Bonchev–Trinajstić information content (AvgIpc) is 2.83. The number of Topliss-reactive ketones (excluding diaryl/α,β-unsaturated/α-hetero) is 1. The Kier molecular flexibility index (Phi) is 7.01. The van der Waals surface area contributed by atoms with E-state index in [0.717, 1.165) is 13.0 Å². The number of carbonyl (C=O) groups is 2. The minimum atomic E-state index is -0.542. The van der Waals surface area contributed by atoms with Crippen LogP contribution < -0.4 is 5.32 Å². The Morgan fingerprint density at radius 2 is 2.20 bits per heavy atom. The van der Waals surface area contributed by atoms with Crippen LogP contribution in [-0.4, -0.2) is 41.4 Å². The van der Waals surface area contributed by atoms with Crippen LogP contribution in [0.4, 0.5) is 5.13 Å². The Morgan fingerprint density at radius 3 is 2.75 bits per heavy atom. The molecule has 0 fully saturated rings. The van der Waals surface area contributed by atoms with Gasteiger partial charge < -0.3 is 10.1 Å². The molecule has 112 valence electrons. The molecule has 0 spiro atoms. The van der Waals surface area contributed by atoms with E-state index in [1.807, 2.05) is 0 Å². The third kappa shape index (κ3) is 4.79. The van der Waals surface area contributed by atoms with Gasteiger partial charge in [-0.1, -0.05) is 18.3 Å². The van der Waals surface area contributed by atoms with E-state index in [9.17, 15) is 9.59 Å². The first kappa shape index (κ1) is 17.0. The molecule has 1 aromatic rings. The van der Waals surface area contributed by atoms with Gasteiger partial charge in [-0.3, -0.25) is 4.79 Å². The summed E-state index contributed by atoms with van der Waals surface area (Å²) in [5.74, 6) is -0.712. The lowest BCUT2D eigenvalue weighted by molar-refractivity contribution is 0.0517. The minimum absolute atomic E-state index is 0.116. The highest BCUT2D eigenvalue weighted by atomic mass is 32.2. The number of hydrogen-bond acceptors (Lipinski definition) is 7. The van der Waals surface area contributed by atoms with Crippen LogP contribution >= 0.6 is 23.1 Å². The number of ether oxygens (including phenoxy) is 1. The van der Waals surface area contributed by atoms with Gasteiger partial charge in [0.1, 0.15) is 4.88 Å². The Bertz CT molecular complexity index is 474. The van der Waals surface area contributed by atoms with Crippen LogP contribution in [0.1, 0.15) is 47.4 Å². The second-order valence-electron chi connectivity index (χ2n) is 4.24. The molecule has 0 saturated heterocycles. The van der Waals surface area contributed by atoms with Crippen LogP contribution in [0.5, 0.6) is 0 Å². The van der Waals surface area contributed by atoms with Gasteiger partial charge in [-0.05, 0) is 19.6 Å². The number of hydrogen-bond donors (Lipinski definition) is 1. The number of thiazole rings is 1. The molecule has 0 aliphatic heterocycles. The third-order valence-corrected chi connectivity index (χ3v) is 4.80. The molecule has 1 atom stereocenters. The molecule has 20 heavy (non-hydrogen) atoms. The fraction of sp³-hybridized carbons (Fsp3) is 0.615. The second-order valence-corrected chi connectivity index (χ2v) is 6.51. The lowest BCUT2D eigenvalue weighted by atomic mass is 10.3. The normalized spacial score (nSPS) is 12.0. The maximum Gasteiger partial charge on any atom is 0.358 e. The van der Waals surface area contributed by atoms with Crippen LogP contribution in [0.15, 0.2) is 0 Å². The van der Waals surface area contributed by atoms with Crippen LogP contribution in [0, 0.1) is 0 Å². The molecule has 0 amide bonds. The summed E-state index contributed by atoms with van der Waals surface area (Å²) in [6.45, 7) is 6.33. The van der Waals surface area contributed by atoms with Crippen LogP contribution in [0.3, 0.4) is 0 Å². The summed E-state index contributed by atoms with van der Waals surface area (Å²) in [7, 11) is 0. The van der Waals surface area contributed by atoms with Gasteiger partial charge in [-0.2, -0.15) is 11.8 Å². The van der Waals surface area contributed by atoms with Crippen molar-refractivity contribution < 1.29 is 14.3 Å². The van der Waals surface area contributed by atoms with E-state index in [1.54, 1.807) is 18.7 Å². The number of nitrogens with one attached hydrogen (secondary N) is 1. The molecule has 0 radical (unpaired) electrons. The molecule has 1 aromatic heterocycles. The van der Waals surface area contributed by atoms with Crippen LogP contribution in [0.25, 0.3) is 0 Å². The van der Waals surface area contributed by atoms with Crippen molar-refractivity contribution >= 4 is 40.0 Å². The van der Waals surface area contributed by atoms with Gasteiger partial charge in [0.15, 0.2) is 16.6 Å². The fourth-order valence-electron chi connectivity index (χ4n) is 1.47. The van der Waals surface area contributed by atoms with Crippen LogP contribution in [-0.2, 0) is 4.74 Å². The largest absolute Gasteiger partial charge is 0.461 e. The topological polar surface area (TPSA) is 68.3 Å². The molecule has 1 heterocycles. The van der Waals surface area contributed by atoms with E-state index in [2.05, 4.69) is 23.5 Å². The zero-order valence-electron chi connectivity index (χ0n) is 12.2. The maximum atomic E-state index is 11.8. The number of anilines is 1. The molecule has 7 heteroatoms. The van der Waals surface area contributed by atoms with Crippen molar-refractivity contribution in [2.24, 2.45) is 0 Å². The first-order chi connectivity index (χ1) is 9.49. The third-order valence-electron chi connectivity index (χ3n) is 2.65. The monoisotopic (exact) mass is 316 g/mol. The van der Waals surface area contributed by atoms with Crippen molar-refractivity contribution in [2.45, 2.75) is 32.4 Å². The summed E-state index contributed by atoms with van der Waals surface area (Å²) >= 11 is 3.00. The van der Waals surface area contributed by atoms with Crippen molar-refractivity contribution in [1.82, 2.24) is 4.98 Å². The van der Waals surface area contributed by atoms with Gasteiger partial charge >= 0.3 is 5.97 Å². The summed E-state index contributed by atoms with van der Waals surface area (Å²) in [6, 6.07) is 0. The molecule has 1 rings (SSSR count). The quantitative estimate of drug-likeness (QED) is 0.587. The van der Waals surface area contributed by atoms with Gasteiger partial charge in [0.05, 0.1) is 6.61 Å². The van der Waals surface area contributed by atoms with E-state index in [0.29, 0.717) is 15.3 Å². The number of aromatic nitrogens is 1. The Morgan fingerprint density at radius 1 is 1.50 bits per heavy atom. The molecular weight excluding hydrogens is 296 g/mol. The molecule has 0 aliphatic carbocycles. The number of nitrogens with zero attached hydrogens (tertiary/aromatic N) is 1. The summed E-state index contributed by atoms with van der Waals surface area (Å²) in [5, 5.41) is 4.30. The molecule has 0 bridgehead atoms. The number of thioether (sulfide) groups is 1. The Hall–Kier alpha value is -1.08. The zero-order valence-corrected chi connectivity index (χ0v) is 13.8. The van der Waals surface area contributed by atoms with Crippen molar-refractivity contribution in [2.75, 3.05) is 24.7 Å². The van der Waals surface area contributed by atoms with Gasteiger partial charge in [0, 0.05) is 18.7 Å². The lowest BCUT2D eigenvalue weighted by Gasteiger charge is -2.07. The van der Waals surface area contributed by atoms with Crippen LogP contribution in [0.2, 0.25) is 0 Å². The smallest absolute Gasteiger partial charge is 0.358 e. The van der Waals surface area contributed by atoms with E-state index in [4.69, 9.17) is 4.74 Å². The molecule has 1 unspecified atom stereocenters. The highest BCUT2D eigenvalue weighted by Crippen LogP contribution is 2.24. The molecule has 0 saturated carbocycles. The standard InChI is InChI=1S/C13H20N2O3S2/c1-5-18-12(17)10-11(9(3)16)20-13(15-10)14-7-6-8(2)19-4/h8H,5-7H2,1-4H3,(H,14,15). The fourth-order valence-corrected chi connectivity index (χ4v) is 2.70. The first-order valence-corrected chi connectivity index (χ1v) is 8.55. The lowest BCUT2D eigenvalue weighted by Crippen LogP contribution is -2.10. The summed E-state index contributed by atoms with van der Waals surface area (Å²) in [6.07, 6.45) is 3.06. The average molecular weight is 316 g/mol. The predicted octanol–water partition coefficient (Wildman–Crippen LogP) is 3.08. The summed E-state index contributed by atoms with van der Waals surface area (Å²) in [4.78, 5) is 27.8. The molecular formula is C13H20N2O3S2. The number of carbonyl (C=O) groups excluding carboxylic acids is 2. The number of esters is 1. The van der Waals surface area contributed by atoms with Gasteiger partial charge in [0.2, 0.25) is 0 Å². The summed E-state index contributed by atoms with van der Waals surface area (Å²) in [5.41, 5.74) is 0.116. The highest BCUT2D eigenvalue weighted by Gasteiger charge is 2.22. The molecule has 0 aliphatic rings. The highest BCUT2D eigenvalue weighted by molar-refractivity contribution is 7.99. The molecule has 5 nitrogen and oxygen atoms in total. The molecule has 0 aromatic carbocycles. The van der Waals surface area contributed by atoms with Crippen molar-refractivity contribution in [3.05, 3.63) is 10.6 Å².